The van der Waals surface area contributed by atoms with Gasteiger partial charge < -0.3 is 5.32 Å². The number of carbonyl (C=O) groups excluding carboxylic acids is 1. The van der Waals surface area contributed by atoms with Crippen molar-refractivity contribution in [3.63, 3.8) is 0 Å². The average molecular weight is 237 g/mol. The zero-order valence-corrected chi connectivity index (χ0v) is 9.68. The van der Waals surface area contributed by atoms with E-state index in [-0.39, 0.29) is 17.6 Å². The molecule has 2 rings (SSSR count). The molecule has 1 unspecified atom stereocenters. The molecule has 0 radical (unpaired) electrons. The Morgan fingerprint density at radius 1 is 1.50 bits per heavy atom. The number of hydrogen-bond donors (Lipinski definition) is 1. The topological polar surface area (TPSA) is 29.1 Å². The third-order valence-electron chi connectivity index (χ3n) is 2.45. The molecule has 1 N–H and O–H groups in total. The van der Waals surface area contributed by atoms with E-state index in [2.05, 4.69) is 5.32 Å². The van der Waals surface area contributed by atoms with Crippen LogP contribution in [-0.4, -0.2) is 17.6 Å². The van der Waals surface area contributed by atoms with E-state index >= 15 is 0 Å². The largest absolute Gasteiger partial charge is 0.380 e. The van der Waals surface area contributed by atoms with Gasteiger partial charge in [0.15, 0.2) is 5.78 Å². The monoisotopic (exact) mass is 237 g/mol. The van der Waals surface area contributed by atoms with Crippen LogP contribution in [0.15, 0.2) is 30.5 Å². The predicted molar refractivity (Wildman–Crippen MR) is 64.4 cm³/mol. The minimum Gasteiger partial charge on any atom is -0.380 e. The van der Waals surface area contributed by atoms with Gasteiger partial charge in [-0.15, -0.1) is 11.8 Å². The summed E-state index contributed by atoms with van der Waals surface area (Å²) in [4.78, 5) is 12.0. The van der Waals surface area contributed by atoms with Gasteiger partial charge in [0.2, 0.25) is 0 Å². The van der Waals surface area contributed by atoms with Gasteiger partial charge >= 0.3 is 0 Å². The molecule has 0 fully saturated rings. The molecule has 0 aromatic heterocycles. The summed E-state index contributed by atoms with van der Waals surface area (Å²) in [5.74, 6) is 0.524. The summed E-state index contributed by atoms with van der Waals surface area (Å²) in [5, 5.41) is 3.00. The first-order valence-corrected chi connectivity index (χ1v) is 6.01. The first-order valence-electron chi connectivity index (χ1n) is 5.03. The molecule has 1 atom stereocenters. The molecule has 1 aliphatic rings. The average Bonchev–Trinajstić information content (AvgIpc) is 2.30. The number of benzene rings is 1. The van der Waals surface area contributed by atoms with E-state index in [0.717, 1.165) is 4.91 Å². The maximum Gasteiger partial charge on any atom is 0.152 e. The van der Waals surface area contributed by atoms with E-state index in [0.29, 0.717) is 11.3 Å². The van der Waals surface area contributed by atoms with Crippen LogP contribution < -0.4 is 5.32 Å². The van der Waals surface area contributed by atoms with Gasteiger partial charge in [-0.3, -0.25) is 4.79 Å². The number of halogens is 1. The lowest BCUT2D eigenvalue weighted by molar-refractivity contribution is -0.118. The van der Waals surface area contributed by atoms with Crippen molar-refractivity contribution in [1.29, 1.82) is 0 Å². The summed E-state index contributed by atoms with van der Waals surface area (Å²) >= 11 is 1.50. The van der Waals surface area contributed by atoms with Crippen LogP contribution in [0.25, 0.3) is 4.91 Å². The lowest BCUT2D eigenvalue weighted by Crippen LogP contribution is -2.36. The summed E-state index contributed by atoms with van der Waals surface area (Å²) in [5.41, 5.74) is 0.585. The molecule has 84 valence electrons. The van der Waals surface area contributed by atoms with Crippen LogP contribution in [0, 0.1) is 5.82 Å². The van der Waals surface area contributed by atoms with E-state index in [1.165, 1.54) is 17.8 Å². The molecule has 0 aliphatic carbocycles. The van der Waals surface area contributed by atoms with Gasteiger partial charge in [-0.25, -0.2) is 4.39 Å². The maximum atomic E-state index is 13.5. The predicted octanol–water partition coefficient (Wildman–Crippen LogP) is 2.42. The molecular formula is C12H12FNOS. The van der Waals surface area contributed by atoms with Crippen molar-refractivity contribution >= 4 is 22.5 Å². The maximum absolute atomic E-state index is 13.5. The van der Waals surface area contributed by atoms with Crippen LogP contribution in [-0.2, 0) is 4.79 Å². The highest BCUT2D eigenvalue weighted by Gasteiger charge is 2.19. The van der Waals surface area contributed by atoms with Gasteiger partial charge in [0.05, 0.1) is 6.04 Å². The van der Waals surface area contributed by atoms with Crippen LogP contribution in [0.4, 0.5) is 4.39 Å². The van der Waals surface area contributed by atoms with Crippen molar-refractivity contribution in [2.75, 3.05) is 5.75 Å². The van der Waals surface area contributed by atoms with Crippen LogP contribution >= 0.6 is 11.8 Å². The zero-order chi connectivity index (χ0) is 11.5. The molecule has 4 heteroatoms. The van der Waals surface area contributed by atoms with E-state index in [1.54, 1.807) is 31.3 Å². The minimum atomic E-state index is -0.232. The Labute approximate surface area is 97.9 Å². The fourth-order valence-corrected chi connectivity index (χ4v) is 2.64. The van der Waals surface area contributed by atoms with Crippen LogP contribution in [0.5, 0.6) is 0 Å². The SMILES string of the molecule is CC(=O)C1CSC(c2ccccc2F)=CN1. The van der Waals surface area contributed by atoms with Gasteiger partial charge in [-0.05, 0) is 13.0 Å². The van der Waals surface area contributed by atoms with Crippen molar-refractivity contribution in [3.8, 4) is 0 Å². The molecule has 16 heavy (non-hydrogen) atoms. The number of ketones is 1. The fraction of sp³-hybridized carbons (Fsp3) is 0.250. The Morgan fingerprint density at radius 3 is 2.81 bits per heavy atom. The first kappa shape index (κ1) is 11.2. The Morgan fingerprint density at radius 2 is 2.25 bits per heavy atom. The summed E-state index contributed by atoms with van der Waals surface area (Å²) in [7, 11) is 0. The first-order chi connectivity index (χ1) is 7.68. The molecule has 1 aliphatic heterocycles. The van der Waals surface area contributed by atoms with Crippen molar-refractivity contribution in [2.45, 2.75) is 13.0 Å². The Kier molecular flexibility index (Phi) is 3.29. The number of thioether (sulfide) groups is 1. The van der Waals surface area contributed by atoms with Gasteiger partial charge in [0.1, 0.15) is 5.82 Å². The third kappa shape index (κ3) is 2.27. The summed E-state index contributed by atoms with van der Waals surface area (Å²) in [6, 6.07) is 6.49. The molecular weight excluding hydrogens is 225 g/mol. The van der Waals surface area contributed by atoms with Crippen LogP contribution in [0.3, 0.4) is 0 Å². The minimum absolute atomic E-state index is 0.108. The summed E-state index contributed by atoms with van der Waals surface area (Å²) in [6.45, 7) is 1.56. The van der Waals surface area contributed by atoms with Crippen LogP contribution in [0.1, 0.15) is 12.5 Å². The number of hydrogen-bond acceptors (Lipinski definition) is 3. The molecule has 0 saturated carbocycles. The second-order valence-corrected chi connectivity index (χ2v) is 4.69. The van der Waals surface area contributed by atoms with E-state index in [1.807, 2.05) is 0 Å². The smallest absolute Gasteiger partial charge is 0.152 e. The summed E-state index contributed by atoms with van der Waals surface area (Å²) < 4.78 is 13.5. The molecule has 2 nitrogen and oxygen atoms in total. The zero-order valence-electron chi connectivity index (χ0n) is 8.87. The fourth-order valence-electron chi connectivity index (χ4n) is 1.49. The van der Waals surface area contributed by atoms with Gasteiger partial charge in [-0.2, -0.15) is 0 Å². The molecule has 0 spiro atoms. The second-order valence-electron chi connectivity index (χ2n) is 3.63. The van der Waals surface area contributed by atoms with Crippen molar-refractivity contribution < 1.29 is 9.18 Å². The van der Waals surface area contributed by atoms with E-state index < -0.39 is 0 Å². The molecule has 1 aromatic rings. The van der Waals surface area contributed by atoms with Crippen molar-refractivity contribution in [1.82, 2.24) is 5.32 Å². The van der Waals surface area contributed by atoms with E-state index in [9.17, 15) is 9.18 Å². The van der Waals surface area contributed by atoms with E-state index in [4.69, 9.17) is 0 Å². The summed E-state index contributed by atoms with van der Waals surface area (Å²) in [6.07, 6.45) is 1.72. The lowest BCUT2D eigenvalue weighted by Gasteiger charge is -2.21. The van der Waals surface area contributed by atoms with Crippen LogP contribution in [0.2, 0.25) is 0 Å². The van der Waals surface area contributed by atoms with Gasteiger partial charge in [0.25, 0.3) is 0 Å². The third-order valence-corrected chi connectivity index (χ3v) is 3.60. The normalized spacial score (nSPS) is 19.9. The van der Waals surface area contributed by atoms with Crippen molar-refractivity contribution in [3.05, 3.63) is 41.8 Å². The Hall–Kier alpha value is -1.29. The highest BCUT2D eigenvalue weighted by molar-refractivity contribution is 8.08. The molecule has 1 heterocycles. The highest BCUT2D eigenvalue weighted by atomic mass is 32.2. The quantitative estimate of drug-likeness (QED) is 0.856. The lowest BCUT2D eigenvalue weighted by atomic mass is 10.2. The second kappa shape index (κ2) is 4.70. The van der Waals surface area contributed by atoms with Gasteiger partial charge in [-0.1, -0.05) is 18.2 Å². The Bertz CT molecular complexity index is 444. The number of carbonyl (C=O) groups is 1. The van der Waals surface area contributed by atoms with Gasteiger partial charge in [0, 0.05) is 22.4 Å². The molecule has 0 amide bonds. The number of nitrogens with one attached hydrogen (secondary N) is 1. The molecule has 1 aromatic carbocycles. The molecule has 0 saturated heterocycles. The molecule has 0 bridgehead atoms. The Balaban J connectivity index is 2.19. The number of Topliss-reactive ketones (excluding diaryl/α,β-unsaturated/α-hetero) is 1. The highest BCUT2D eigenvalue weighted by Crippen LogP contribution is 2.31. The number of rotatable bonds is 2. The standard InChI is InChI=1S/C12H12FNOS/c1-8(15)11-7-16-12(6-14-11)9-4-2-3-5-10(9)13/h2-6,11,14H,7H2,1H3. The van der Waals surface area contributed by atoms with Crippen molar-refractivity contribution in [2.24, 2.45) is 0 Å².